The summed E-state index contributed by atoms with van der Waals surface area (Å²) in [5.74, 6) is -0.112. The van der Waals surface area contributed by atoms with Crippen LogP contribution in [0.4, 0.5) is 13.2 Å². The molecule has 4 heteroatoms. The maximum absolute atomic E-state index is 12.1. The lowest BCUT2D eigenvalue weighted by molar-refractivity contribution is -0.274. The molecule has 88 valence electrons. The minimum atomic E-state index is -4.63. The van der Waals surface area contributed by atoms with E-state index in [1.54, 1.807) is 18.2 Å². The largest absolute Gasteiger partial charge is 0.573 e. The molecule has 0 spiro atoms. The van der Waals surface area contributed by atoms with Gasteiger partial charge in [-0.3, -0.25) is 0 Å². The Morgan fingerprint density at radius 3 is 2.56 bits per heavy atom. The number of benzene rings is 1. The summed E-state index contributed by atoms with van der Waals surface area (Å²) in [5.41, 5.74) is 0.571. The predicted molar refractivity (Wildman–Crippen MR) is 56.3 cm³/mol. The van der Waals surface area contributed by atoms with Gasteiger partial charge >= 0.3 is 6.36 Å². The van der Waals surface area contributed by atoms with Crippen LogP contribution in [0.1, 0.15) is 18.4 Å². The van der Waals surface area contributed by atoms with Gasteiger partial charge in [-0.25, -0.2) is 0 Å². The van der Waals surface area contributed by atoms with Crippen LogP contribution < -0.4 is 4.74 Å². The Labute approximate surface area is 92.5 Å². The molecule has 0 N–H and O–H groups in total. The summed E-state index contributed by atoms with van der Waals surface area (Å²) in [6, 6.07) is 6.20. The molecule has 0 atom stereocenters. The molecule has 1 aromatic carbocycles. The molecule has 0 bridgehead atoms. The summed E-state index contributed by atoms with van der Waals surface area (Å²) in [5, 5.41) is 0. The molecule has 0 saturated carbocycles. The highest BCUT2D eigenvalue weighted by molar-refractivity contribution is 5.33. The quantitative estimate of drug-likeness (QED) is 0.546. The molecule has 0 radical (unpaired) electrons. The third kappa shape index (κ3) is 4.38. The standard InChI is InChI=1S/C12H13F3O/c1-2-3-4-7-10-8-5-6-9-11(10)16-12(13,14)15/h2,5-6,8-9H,1,3-4,7H2. The average molecular weight is 230 g/mol. The number of allylic oxidation sites excluding steroid dienone is 1. The number of hydrogen-bond donors (Lipinski definition) is 0. The molecule has 0 aliphatic rings. The van der Waals surface area contributed by atoms with Crippen LogP contribution >= 0.6 is 0 Å². The number of rotatable bonds is 5. The Kier molecular flexibility index (Phi) is 4.40. The van der Waals surface area contributed by atoms with Crippen molar-refractivity contribution in [2.24, 2.45) is 0 Å². The maximum Gasteiger partial charge on any atom is 0.573 e. The van der Waals surface area contributed by atoms with Crippen LogP contribution in [0.15, 0.2) is 36.9 Å². The molecule has 1 aromatic rings. The fourth-order valence-electron chi connectivity index (χ4n) is 1.37. The molecule has 0 heterocycles. The minimum Gasteiger partial charge on any atom is -0.406 e. The highest BCUT2D eigenvalue weighted by Gasteiger charge is 2.31. The van der Waals surface area contributed by atoms with E-state index in [1.807, 2.05) is 0 Å². The number of para-hydroxylation sites is 1. The summed E-state index contributed by atoms with van der Waals surface area (Å²) in [7, 11) is 0. The van der Waals surface area contributed by atoms with Crippen molar-refractivity contribution >= 4 is 0 Å². The highest BCUT2D eigenvalue weighted by atomic mass is 19.4. The van der Waals surface area contributed by atoms with Crippen molar-refractivity contribution < 1.29 is 17.9 Å². The number of hydrogen-bond acceptors (Lipinski definition) is 1. The lowest BCUT2D eigenvalue weighted by atomic mass is 10.1. The van der Waals surface area contributed by atoms with Gasteiger partial charge in [-0.05, 0) is 30.9 Å². The highest BCUT2D eigenvalue weighted by Crippen LogP contribution is 2.27. The summed E-state index contributed by atoms with van der Waals surface area (Å²) >= 11 is 0. The Morgan fingerprint density at radius 2 is 1.94 bits per heavy atom. The van der Waals surface area contributed by atoms with Gasteiger partial charge in [-0.2, -0.15) is 0 Å². The SMILES string of the molecule is C=CCCCc1ccccc1OC(F)(F)F. The van der Waals surface area contributed by atoms with E-state index < -0.39 is 6.36 Å². The molecule has 0 amide bonds. The van der Waals surface area contributed by atoms with Gasteiger partial charge in [0, 0.05) is 0 Å². The molecule has 0 saturated heterocycles. The predicted octanol–water partition coefficient (Wildman–Crippen LogP) is 4.09. The fraction of sp³-hybridized carbons (Fsp3) is 0.333. The van der Waals surface area contributed by atoms with Crippen molar-refractivity contribution in [2.75, 3.05) is 0 Å². The van der Waals surface area contributed by atoms with Gasteiger partial charge in [-0.1, -0.05) is 24.3 Å². The van der Waals surface area contributed by atoms with Crippen LogP contribution in [0.25, 0.3) is 0 Å². The first-order chi connectivity index (χ1) is 7.53. The third-order valence-electron chi connectivity index (χ3n) is 2.05. The van der Waals surface area contributed by atoms with Crippen molar-refractivity contribution in [2.45, 2.75) is 25.6 Å². The molecule has 0 aromatic heterocycles. The lowest BCUT2D eigenvalue weighted by Gasteiger charge is -2.12. The molecular formula is C12H13F3O. The van der Waals surface area contributed by atoms with Gasteiger partial charge in [-0.15, -0.1) is 19.8 Å². The first-order valence-electron chi connectivity index (χ1n) is 4.97. The Morgan fingerprint density at radius 1 is 1.25 bits per heavy atom. The van der Waals surface area contributed by atoms with E-state index in [-0.39, 0.29) is 5.75 Å². The topological polar surface area (TPSA) is 9.23 Å². The van der Waals surface area contributed by atoms with Crippen LogP contribution in [-0.2, 0) is 6.42 Å². The summed E-state index contributed by atoms with van der Waals surface area (Å²) in [4.78, 5) is 0. The first-order valence-corrected chi connectivity index (χ1v) is 4.97. The van der Waals surface area contributed by atoms with Crippen molar-refractivity contribution in [1.82, 2.24) is 0 Å². The van der Waals surface area contributed by atoms with Crippen LogP contribution in [-0.4, -0.2) is 6.36 Å². The van der Waals surface area contributed by atoms with Gasteiger partial charge < -0.3 is 4.74 Å². The van der Waals surface area contributed by atoms with E-state index in [9.17, 15) is 13.2 Å². The number of unbranched alkanes of at least 4 members (excludes halogenated alkanes) is 1. The van der Waals surface area contributed by atoms with Gasteiger partial charge in [0.15, 0.2) is 0 Å². The van der Waals surface area contributed by atoms with E-state index in [1.165, 1.54) is 12.1 Å². The summed E-state index contributed by atoms with van der Waals surface area (Å²) in [6.45, 7) is 3.56. The van der Waals surface area contributed by atoms with E-state index in [4.69, 9.17) is 0 Å². The monoisotopic (exact) mass is 230 g/mol. The zero-order valence-electron chi connectivity index (χ0n) is 8.76. The van der Waals surface area contributed by atoms with Crippen LogP contribution in [0.3, 0.4) is 0 Å². The molecule has 0 aliphatic heterocycles. The van der Waals surface area contributed by atoms with Gasteiger partial charge in [0.2, 0.25) is 0 Å². The number of ether oxygens (including phenoxy) is 1. The number of halogens is 3. The Bertz CT molecular complexity index is 344. The molecule has 0 unspecified atom stereocenters. The van der Waals surface area contributed by atoms with E-state index >= 15 is 0 Å². The Hall–Kier alpha value is -1.45. The Balaban J connectivity index is 2.71. The lowest BCUT2D eigenvalue weighted by Crippen LogP contribution is -2.18. The van der Waals surface area contributed by atoms with Crippen molar-refractivity contribution in [3.8, 4) is 5.75 Å². The van der Waals surface area contributed by atoms with Gasteiger partial charge in [0.05, 0.1) is 0 Å². The second-order valence-corrected chi connectivity index (χ2v) is 3.34. The van der Waals surface area contributed by atoms with Crippen molar-refractivity contribution in [1.29, 1.82) is 0 Å². The van der Waals surface area contributed by atoms with E-state index in [0.717, 1.165) is 12.8 Å². The molecule has 16 heavy (non-hydrogen) atoms. The molecular weight excluding hydrogens is 217 g/mol. The van der Waals surface area contributed by atoms with Crippen LogP contribution in [0.5, 0.6) is 5.75 Å². The summed E-state index contributed by atoms with van der Waals surface area (Å²) in [6.07, 6.45) is -0.790. The van der Waals surface area contributed by atoms with Gasteiger partial charge in [0.25, 0.3) is 0 Å². The number of aryl methyl sites for hydroxylation is 1. The van der Waals surface area contributed by atoms with Gasteiger partial charge in [0.1, 0.15) is 5.75 Å². The zero-order valence-corrected chi connectivity index (χ0v) is 8.76. The molecule has 1 nitrogen and oxygen atoms in total. The second-order valence-electron chi connectivity index (χ2n) is 3.34. The molecule has 0 aliphatic carbocycles. The van der Waals surface area contributed by atoms with Crippen molar-refractivity contribution in [3.63, 3.8) is 0 Å². The molecule has 0 fully saturated rings. The molecule has 1 rings (SSSR count). The maximum atomic E-state index is 12.1. The van der Waals surface area contributed by atoms with Crippen LogP contribution in [0.2, 0.25) is 0 Å². The summed E-state index contributed by atoms with van der Waals surface area (Å²) < 4.78 is 40.2. The normalized spacial score (nSPS) is 11.2. The van der Waals surface area contributed by atoms with Crippen molar-refractivity contribution in [3.05, 3.63) is 42.5 Å². The zero-order chi connectivity index (χ0) is 12.0. The first kappa shape index (κ1) is 12.6. The van der Waals surface area contributed by atoms with E-state index in [2.05, 4.69) is 11.3 Å². The fourth-order valence-corrected chi connectivity index (χ4v) is 1.37. The third-order valence-corrected chi connectivity index (χ3v) is 2.05. The van der Waals surface area contributed by atoms with Crippen LogP contribution in [0, 0.1) is 0 Å². The number of alkyl halides is 3. The smallest absolute Gasteiger partial charge is 0.406 e. The average Bonchev–Trinajstić information content (AvgIpc) is 2.19. The minimum absolute atomic E-state index is 0.112. The second kappa shape index (κ2) is 5.58. The van der Waals surface area contributed by atoms with E-state index in [0.29, 0.717) is 12.0 Å².